The molecule has 2 aromatic carbocycles. The van der Waals surface area contributed by atoms with Crippen molar-refractivity contribution in [1.29, 1.82) is 0 Å². The maximum Gasteiger partial charge on any atom is 0.193 e. The predicted molar refractivity (Wildman–Crippen MR) is 128 cm³/mol. The van der Waals surface area contributed by atoms with Crippen LogP contribution in [0.4, 0.5) is 0 Å². The van der Waals surface area contributed by atoms with E-state index >= 15 is 0 Å². The molecule has 7 nitrogen and oxygen atoms in total. The zero-order chi connectivity index (χ0) is 21.9. The summed E-state index contributed by atoms with van der Waals surface area (Å²) >= 11 is 0. The van der Waals surface area contributed by atoms with Crippen molar-refractivity contribution in [2.45, 2.75) is 25.4 Å². The molecule has 1 aliphatic rings. The average molecular weight is 428 g/mol. The van der Waals surface area contributed by atoms with Gasteiger partial charge < -0.3 is 14.8 Å². The summed E-state index contributed by atoms with van der Waals surface area (Å²) in [6.07, 6.45) is 7.15. The van der Waals surface area contributed by atoms with Gasteiger partial charge in [-0.3, -0.25) is 9.67 Å². The molecule has 0 radical (unpaired) electrons. The van der Waals surface area contributed by atoms with E-state index in [1.54, 1.807) is 0 Å². The van der Waals surface area contributed by atoms with Crippen molar-refractivity contribution in [2.24, 2.45) is 12.0 Å². The molecule has 1 unspecified atom stereocenters. The number of benzene rings is 2. The smallest absolute Gasteiger partial charge is 0.193 e. The molecule has 1 aliphatic heterocycles. The van der Waals surface area contributed by atoms with Crippen molar-refractivity contribution >= 4 is 17.0 Å². The summed E-state index contributed by atoms with van der Waals surface area (Å²) in [5.41, 5.74) is 6.02. The number of fused-ring (bicyclic) bond motifs is 1. The fourth-order valence-corrected chi connectivity index (χ4v) is 4.48. The minimum absolute atomic E-state index is 0.515. The Morgan fingerprint density at radius 2 is 1.94 bits per heavy atom. The first-order valence-corrected chi connectivity index (χ1v) is 11.1. The number of nitrogens with zero attached hydrogens (tertiary/aromatic N) is 6. The molecule has 1 saturated heterocycles. The van der Waals surface area contributed by atoms with Crippen LogP contribution in [0, 0.1) is 0 Å². The lowest BCUT2D eigenvalue weighted by Gasteiger charge is -2.21. The number of aryl methyl sites for hydroxylation is 1. The van der Waals surface area contributed by atoms with Gasteiger partial charge in [0.2, 0.25) is 0 Å². The highest BCUT2D eigenvalue weighted by Crippen LogP contribution is 2.26. The molecule has 0 bridgehead atoms. The minimum atomic E-state index is 0.515. The van der Waals surface area contributed by atoms with Crippen LogP contribution in [0.3, 0.4) is 0 Å². The number of nitrogens with one attached hydrogen (secondary N) is 1. The summed E-state index contributed by atoms with van der Waals surface area (Å²) in [6.45, 7) is 3.56. The summed E-state index contributed by atoms with van der Waals surface area (Å²) in [5, 5.41) is 7.85. The third kappa shape index (κ3) is 4.23. The van der Waals surface area contributed by atoms with E-state index in [1.807, 2.05) is 43.4 Å². The van der Waals surface area contributed by atoms with Crippen LogP contribution in [0.15, 0.2) is 72.2 Å². The van der Waals surface area contributed by atoms with E-state index in [1.165, 1.54) is 16.7 Å². The maximum absolute atomic E-state index is 4.52. The predicted octanol–water partition coefficient (Wildman–Crippen LogP) is 3.38. The highest BCUT2D eigenvalue weighted by atomic mass is 15.3. The second-order valence-electron chi connectivity index (χ2n) is 8.46. The zero-order valence-electron chi connectivity index (χ0n) is 18.6. The molecular weight excluding hydrogens is 398 g/mol. The molecule has 32 heavy (non-hydrogen) atoms. The number of likely N-dealkylation sites (tertiary alicyclic amines) is 1. The molecule has 0 aliphatic carbocycles. The van der Waals surface area contributed by atoms with Crippen molar-refractivity contribution in [3.8, 4) is 0 Å². The SMILES string of the molecule is CN=C(NCc1ccc(Cn2cnc3ccccc32)cc1)N1CCC(c2cnn(C)c2)C1. The van der Waals surface area contributed by atoms with Gasteiger partial charge >= 0.3 is 0 Å². The first kappa shape index (κ1) is 20.3. The van der Waals surface area contributed by atoms with Gasteiger partial charge in [-0.1, -0.05) is 36.4 Å². The second kappa shape index (κ2) is 8.86. The van der Waals surface area contributed by atoms with E-state index in [2.05, 4.69) is 72.5 Å². The van der Waals surface area contributed by atoms with Crippen molar-refractivity contribution in [1.82, 2.24) is 29.5 Å². The quantitative estimate of drug-likeness (QED) is 0.392. The fraction of sp³-hybridized carbons (Fsp3) is 0.320. The molecule has 0 saturated carbocycles. The van der Waals surface area contributed by atoms with Gasteiger partial charge in [0, 0.05) is 52.4 Å². The molecular formula is C25H29N7. The summed E-state index contributed by atoms with van der Waals surface area (Å²) in [6, 6.07) is 17.0. The van der Waals surface area contributed by atoms with Gasteiger partial charge in [0.05, 0.1) is 23.6 Å². The summed E-state index contributed by atoms with van der Waals surface area (Å²) < 4.78 is 4.07. The highest BCUT2D eigenvalue weighted by molar-refractivity contribution is 5.80. The molecule has 1 fully saturated rings. The second-order valence-corrected chi connectivity index (χ2v) is 8.46. The maximum atomic E-state index is 4.52. The number of rotatable bonds is 5. The van der Waals surface area contributed by atoms with Crippen LogP contribution in [-0.2, 0) is 20.1 Å². The van der Waals surface area contributed by atoms with Crippen LogP contribution in [0.1, 0.15) is 29.0 Å². The van der Waals surface area contributed by atoms with Crippen molar-refractivity contribution < 1.29 is 0 Å². The molecule has 164 valence electrons. The third-order valence-electron chi connectivity index (χ3n) is 6.25. The number of hydrogen-bond donors (Lipinski definition) is 1. The molecule has 7 heteroatoms. The van der Waals surface area contributed by atoms with Crippen LogP contribution < -0.4 is 5.32 Å². The van der Waals surface area contributed by atoms with Crippen LogP contribution in [0.5, 0.6) is 0 Å². The Labute approximate surface area is 188 Å². The average Bonchev–Trinajstić information content (AvgIpc) is 3.56. The molecule has 1 N–H and O–H groups in total. The van der Waals surface area contributed by atoms with Gasteiger partial charge in [0.1, 0.15) is 0 Å². The molecule has 0 spiro atoms. The molecule has 4 aromatic rings. The van der Waals surface area contributed by atoms with Gasteiger partial charge in [-0.2, -0.15) is 5.10 Å². The van der Waals surface area contributed by atoms with Gasteiger partial charge in [-0.05, 0) is 35.2 Å². The van der Waals surface area contributed by atoms with Crippen LogP contribution in [0.25, 0.3) is 11.0 Å². The van der Waals surface area contributed by atoms with E-state index in [9.17, 15) is 0 Å². The normalized spacial score (nSPS) is 16.8. The van der Waals surface area contributed by atoms with Crippen molar-refractivity contribution in [2.75, 3.05) is 20.1 Å². The highest BCUT2D eigenvalue weighted by Gasteiger charge is 2.26. The number of hydrogen-bond acceptors (Lipinski definition) is 3. The van der Waals surface area contributed by atoms with Crippen LogP contribution in [0.2, 0.25) is 0 Å². The molecule has 1 atom stereocenters. The number of para-hydroxylation sites is 2. The first-order valence-electron chi connectivity index (χ1n) is 11.1. The molecule has 3 heterocycles. The topological polar surface area (TPSA) is 63.3 Å². The van der Waals surface area contributed by atoms with Crippen LogP contribution in [-0.4, -0.2) is 50.3 Å². The van der Waals surface area contributed by atoms with Crippen molar-refractivity contribution in [3.63, 3.8) is 0 Å². The Morgan fingerprint density at radius 1 is 1.12 bits per heavy atom. The Balaban J connectivity index is 1.17. The largest absolute Gasteiger partial charge is 0.352 e. The Kier molecular flexibility index (Phi) is 5.62. The lowest BCUT2D eigenvalue weighted by Crippen LogP contribution is -2.39. The fourth-order valence-electron chi connectivity index (χ4n) is 4.48. The van der Waals surface area contributed by atoms with Gasteiger partial charge in [0.15, 0.2) is 5.96 Å². The Morgan fingerprint density at radius 3 is 2.72 bits per heavy atom. The van der Waals surface area contributed by atoms with Crippen LogP contribution >= 0.6 is 0 Å². The Bertz CT molecular complexity index is 1220. The standard InChI is InChI=1S/C25H29N7/c1-26-25(31-12-11-21(17-31)22-14-29-30(2)16-22)27-13-19-7-9-20(10-8-19)15-32-18-28-23-5-3-4-6-24(23)32/h3-10,14,16,18,21H,11-13,15,17H2,1-2H3,(H,26,27). The number of aliphatic imine (C=N–C) groups is 1. The lowest BCUT2D eigenvalue weighted by molar-refractivity contribution is 0.486. The third-order valence-corrected chi connectivity index (χ3v) is 6.25. The van der Waals surface area contributed by atoms with E-state index in [4.69, 9.17) is 0 Å². The van der Waals surface area contributed by atoms with E-state index < -0.39 is 0 Å². The van der Waals surface area contributed by atoms with E-state index in [-0.39, 0.29) is 0 Å². The van der Waals surface area contributed by atoms with E-state index in [0.717, 1.165) is 49.6 Å². The first-order chi connectivity index (χ1) is 15.7. The summed E-state index contributed by atoms with van der Waals surface area (Å²) in [5.74, 6) is 1.48. The van der Waals surface area contributed by atoms with Gasteiger partial charge in [-0.15, -0.1) is 0 Å². The number of imidazole rings is 1. The van der Waals surface area contributed by atoms with E-state index in [0.29, 0.717) is 5.92 Å². The summed E-state index contributed by atoms with van der Waals surface area (Å²) in [4.78, 5) is 11.3. The molecule has 5 rings (SSSR count). The van der Waals surface area contributed by atoms with Gasteiger partial charge in [-0.25, -0.2) is 4.98 Å². The molecule has 0 amide bonds. The number of guanidine groups is 1. The summed E-state index contributed by atoms with van der Waals surface area (Å²) in [7, 11) is 3.83. The van der Waals surface area contributed by atoms with Crippen molar-refractivity contribution in [3.05, 3.63) is 83.9 Å². The minimum Gasteiger partial charge on any atom is -0.352 e. The monoisotopic (exact) mass is 427 g/mol. The number of aromatic nitrogens is 4. The van der Waals surface area contributed by atoms with Gasteiger partial charge in [0.25, 0.3) is 0 Å². The Hall–Kier alpha value is -3.61. The lowest BCUT2D eigenvalue weighted by atomic mass is 10.0. The zero-order valence-corrected chi connectivity index (χ0v) is 18.6. The molecule has 2 aromatic heterocycles.